The molecular formula is C23H25F2N7OS. The van der Waals surface area contributed by atoms with Gasteiger partial charge in [-0.15, -0.1) is 11.3 Å². The number of halogens is 2. The number of H-pyrrole nitrogens is 1. The second kappa shape index (κ2) is 9.15. The zero-order chi connectivity index (χ0) is 23.8. The zero-order valence-corrected chi connectivity index (χ0v) is 20.0. The fourth-order valence-corrected chi connectivity index (χ4v) is 4.63. The van der Waals surface area contributed by atoms with Crippen molar-refractivity contribution in [1.29, 1.82) is 0 Å². The lowest BCUT2D eigenvalue weighted by Gasteiger charge is -2.33. The molecule has 0 aliphatic carbocycles. The highest BCUT2D eigenvalue weighted by atomic mass is 32.1. The highest BCUT2D eigenvalue weighted by Crippen LogP contribution is 2.34. The Kier molecular flexibility index (Phi) is 6.05. The molecule has 34 heavy (non-hydrogen) atoms. The molecule has 178 valence electrons. The van der Waals surface area contributed by atoms with Crippen LogP contribution in [0.15, 0.2) is 24.4 Å². The molecule has 0 radical (unpaired) electrons. The van der Waals surface area contributed by atoms with E-state index in [1.165, 1.54) is 17.4 Å². The van der Waals surface area contributed by atoms with Crippen molar-refractivity contribution in [3.63, 3.8) is 0 Å². The maximum absolute atomic E-state index is 15.1. The molecule has 1 saturated heterocycles. The van der Waals surface area contributed by atoms with E-state index < -0.39 is 17.4 Å². The molecule has 1 aromatic carbocycles. The molecule has 0 bridgehead atoms. The fraction of sp³-hybridized carbons (Fsp3) is 0.348. The molecular weight excluding hydrogens is 460 g/mol. The van der Waals surface area contributed by atoms with Crippen LogP contribution in [0.1, 0.15) is 17.5 Å². The minimum absolute atomic E-state index is 0.143. The molecule has 4 heterocycles. The first-order valence-electron chi connectivity index (χ1n) is 11.1. The third-order valence-corrected chi connectivity index (χ3v) is 6.81. The van der Waals surface area contributed by atoms with Gasteiger partial charge in [-0.2, -0.15) is 9.97 Å². The number of thiazole rings is 1. The van der Waals surface area contributed by atoms with E-state index in [9.17, 15) is 4.39 Å². The summed E-state index contributed by atoms with van der Waals surface area (Å²) in [6.07, 6.45) is 2.69. The average Bonchev–Trinajstić information content (AvgIpc) is 3.42. The number of hydrogen-bond acceptors (Lipinski definition) is 8. The summed E-state index contributed by atoms with van der Waals surface area (Å²) in [5, 5.41) is 4.10. The van der Waals surface area contributed by atoms with E-state index >= 15 is 4.39 Å². The quantitative estimate of drug-likeness (QED) is 0.404. The smallest absolute Gasteiger partial charge is 0.326 e. The van der Waals surface area contributed by atoms with Crippen molar-refractivity contribution in [3.05, 3.63) is 46.6 Å². The zero-order valence-electron chi connectivity index (χ0n) is 19.2. The highest BCUT2D eigenvalue weighted by Gasteiger charge is 2.22. The third-order valence-electron chi connectivity index (χ3n) is 5.76. The number of benzene rings is 1. The Hall–Kier alpha value is -3.31. The van der Waals surface area contributed by atoms with Gasteiger partial charge < -0.3 is 24.8 Å². The minimum atomic E-state index is -0.831. The van der Waals surface area contributed by atoms with E-state index in [1.54, 1.807) is 19.1 Å². The first kappa shape index (κ1) is 22.5. The molecule has 1 aliphatic heterocycles. The van der Waals surface area contributed by atoms with E-state index in [4.69, 9.17) is 4.74 Å². The number of likely N-dealkylation sites (N-methyl/N-ethyl adjacent to an activating group) is 1. The van der Waals surface area contributed by atoms with Crippen LogP contribution < -0.4 is 15.0 Å². The standard InChI is InChI=1S/C23H25F2N7OS/c1-4-14-12-26-23(34-14)29-18-11-19(32-7-5-31(3)6-8-32)30-22(28-18)33-21-16(24)10-17-15(20(21)25)9-13(2)27-17/h9-12,27H,4-8H2,1-3H3,(H,26,28,29,30). The molecule has 0 atom stereocenters. The summed E-state index contributed by atoms with van der Waals surface area (Å²) < 4.78 is 35.6. The van der Waals surface area contributed by atoms with Gasteiger partial charge in [0.25, 0.3) is 0 Å². The van der Waals surface area contributed by atoms with Crippen LogP contribution in [0.25, 0.3) is 10.9 Å². The van der Waals surface area contributed by atoms with Crippen molar-refractivity contribution in [1.82, 2.24) is 24.8 Å². The van der Waals surface area contributed by atoms with E-state index in [0.717, 1.165) is 43.2 Å². The van der Waals surface area contributed by atoms with Gasteiger partial charge in [0, 0.05) is 60.5 Å². The Morgan fingerprint density at radius 3 is 2.68 bits per heavy atom. The summed E-state index contributed by atoms with van der Waals surface area (Å²) in [5.41, 5.74) is 1.09. The Morgan fingerprint density at radius 2 is 1.94 bits per heavy atom. The maximum Gasteiger partial charge on any atom is 0.326 e. The van der Waals surface area contributed by atoms with Gasteiger partial charge in [-0.1, -0.05) is 6.92 Å². The van der Waals surface area contributed by atoms with Gasteiger partial charge in [-0.05, 0) is 26.5 Å². The summed E-state index contributed by atoms with van der Waals surface area (Å²) >= 11 is 1.52. The number of aromatic amines is 1. The maximum atomic E-state index is 15.1. The summed E-state index contributed by atoms with van der Waals surface area (Å²) in [4.78, 5) is 21.6. The lowest BCUT2D eigenvalue weighted by molar-refractivity contribution is 0.311. The van der Waals surface area contributed by atoms with Crippen LogP contribution in [0.5, 0.6) is 11.8 Å². The fourth-order valence-electron chi connectivity index (χ4n) is 3.87. The van der Waals surface area contributed by atoms with Crippen molar-refractivity contribution >= 4 is 39.0 Å². The van der Waals surface area contributed by atoms with Gasteiger partial charge in [0.1, 0.15) is 11.6 Å². The number of piperazine rings is 1. The summed E-state index contributed by atoms with van der Waals surface area (Å²) in [7, 11) is 2.07. The molecule has 1 aliphatic rings. The predicted molar refractivity (Wildman–Crippen MR) is 130 cm³/mol. The van der Waals surface area contributed by atoms with Crippen molar-refractivity contribution < 1.29 is 13.5 Å². The van der Waals surface area contributed by atoms with Gasteiger partial charge in [-0.3, -0.25) is 0 Å². The third kappa shape index (κ3) is 4.53. The van der Waals surface area contributed by atoms with Gasteiger partial charge >= 0.3 is 6.01 Å². The van der Waals surface area contributed by atoms with Crippen LogP contribution in [0.3, 0.4) is 0 Å². The molecule has 0 amide bonds. The van der Waals surface area contributed by atoms with Crippen molar-refractivity contribution in [2.45, 2.75) is 20.3 Å². The molecule has 11 heteroatoms. The number of ether oxygens (including phenoxy) is 1. The molecule has 0 unspecified atom stereocenters. The summed E-state index contributed by atoms with van der Waals surface area (Å²) in [6.45, 7) is 7.12. The van der Waals surface area contributed by atoms with E-state index in [-0.39, 0.29) is 11.4 Å². The van der Waals surface area contributed by atoms with Gasteiger partial charge in [0.05, 0.1) is 5.52 Å². The number of aryl methyl sites for hydroxylation is 2. The normalized spacial score (nSPS) is 14.7. The van der Waals surface area contributed by atoms with Crippen LogP contribution in [0.4, 0.5) is 25.5 Å². The van der Waals surface area contributed by atoms with Crippen molar-refractivity contribution in [3.8, 4) is 11.8 Å². The second-order valence-electron chi connectivity index (χ2n) is 8.31. The van der Waals surface area contributed by atoms with Crippen LogP contribution >= 0.6 is 11.3 Å². The Morgan fingerprint density at radius 1 is 1.15 bits per heavy atom. The summed E-state index contributed by atoms with van der Waals surface area (Å²) in [6, 6.07) is 4.48. The topological polar surface area (TPSA) is 82.2 Å². The number of fused-ring (bicyclic) bond motifs is 1. The van der Waals surface area contributed by atoms with E-state index in [2.05, 4.69) is 49.0 Å². The lowest BCUT2D eigenvalue weighted by atomic mass is 10.2. The largest absolute Gasteiger partial charge is 0.418 e. The first-order chi connectivity index (χ1) is 16.4. The van der Waals surface area contributed by atoms with Crippen molar-refractivity contribution in [2.75, 3.05) is 43.4 Å². The number of hydrogen-bond donors (Lipinski definition) is 2. The molecule has 8 nitrogen and oxygen atoms in total. The number of rotatable bonds is 6. The van der Waals surface area contributed by atoms with Crippen LogP contribution in [0.2, 0.25) is 0 Å². The van der Waals surface area contributed by atoms with Gasteiger partial charge in [0.2, 0.25) is 5.75 Å². The van der Waals surface area contributed by atoms with Crippen molar-refractivity contribution in [2.24, 2.45) is 0 Å². The Bertz CT molecular complexity index is 1330. The summed E-state index contributed by atoms with van der Waals surface area (Å²) in [5.74, 6) is -1.10. The Labute approximate surface area is 199 Å². The van der Waals surface area contributed by atoms with Crippen LogP contribution in [-0.2, 0) is 6.42 Å². The number of aromatic nitrogens is 4. The molecule has 4 aromatic rings. The number of nitrogens with zero attached hydrogens (tertiary/aromatic N) is 5. The van der Waals surface area contributed by atoms with Crippen LogP contribution in [-0.4, -0.2) is 58.1 Å². The molecule has 1 fully saturated rings. The minimum Gasteiger partial charge on any atom is -0.418 e. The van der Waals surface area contributed by atoms with Gasteiger partial charge in [0.15, 0.2) is 16.8 Å². The number of nitrogens with one attached hydrogen (secondary N) is 2. The first-order valence-corrected chi connectivity index (χ1v) is 11.9. The van der Waals surface area contributed by atoms with Gasteiger partial charge in [-0.25, -0.2) is 13.8 Å². The molecule has 2 N–H and O–H groups in total. The highest BCUT2D eigenvalue weighted by molar-refractivity contribution is 7.15. The van der Waals surface area contributed by atoms with E-state index in [0.29, 0.717) is 22.3 Å². The Balaban J connectivity index is 1.51. The number of anilines is 3. The SMILES string of the molecule is CCc1cnc(Nc2cc(N3CCN(C)CC3)nc(Oc3c(F)cc4[nH]c(C)cc4c3F)n2)s1. The molecule has 3 aromatic heterocycles. The molecule has 0 spiro atoms. The molecule has 5 rings (SSSR count). The lowest BCUT2D eigenvalue weighted by Crippen LogP contribution is -2.44. The van der Waals surface area contributed by atoms with Crippen LogP contribution in [0, 0.1) is 18.6 Å². The monoisotopic (exact) mass is 485 g/mol. The predicted octanol–water partition coefficient (Wildman–Crippen LogP) is 4.85. The average molecular weight is 486 g/mol. The second-order valence-corrected chi connectivity index (χ2v) is 9.43. The van der Waals surface area contributed by atoms with E-state index in [1.807, 2.05) is 6.20 Å². The molecule has 0 saturated carbocycles.